The normalized spacial score (nSPS) is 11.2. The fourth-order valence-corrected chi connectivity index (χ4v) is 4.07. The Morgan fingerprint density at radius 1 is 1.19 bits per heavy atom. The molecule has 4 aromatic rings. The van der Waals surface area contributed by atoms with E-state index in [1.165, 1.54) is 0 Å². The summed E-state index contributed by atoms with van der Waals surface area (Å²) in [5.74, 6) is 0.415. The number of rotatable bonds is 6. The summed E-state index contributed by atoms with van der Waals surface area (Å²) in [6, 6.07) is 15.7. The molecule has 2 aromatic carbocycles. The number of esters is 1. The maximum Gasteiger partial charge on any atom is 0.360 e. The molecule has 0 amide bonds. The van der Waals surface area contributed by atoms with Crippen LogP contribution in [0.25, 0.3) is 28.7 Å². The Hall–Kier alpha value is -3.26. The topological polar surface area (TPSA) is 83.0 Å². The molecule has 0 unspecified atom stereocenters. The van der Waals surface area contributed by atoms with E-state index < -0.39 is 5.97 Å². The first-order valence-corrected chi connectivity index (χ1v) is 11.2. The van der Waals surface area contributed by atoms with E-state index in [1.54, 1.807) is 11.6 Å². The van der Waals surface area contributed by atoms with Crippen LogP contribution < -0.4 is 0 Å². The molecule has 0 saturated heterocycles. The maximum atomic E-state index is 12.6. The van der Waals surface area contributed by atoms with E-state index in [9.17, 15) is 4.79 Å². The second-order valence-electron chi connectivity index (χ2n) is 7.65. The van der Waals surface area contributed by atoms with Gasteiger partial charge in [0.25, 0.3) is 5.89 Å². The predicted molar refractivity (Wildman–Crippen MR) is 125 cm³/mol. The zero-order valence-corrected chi connectivity index (χ0v) is 19.9. The van der Waals surface area contributed by atoms with Crippen molar-refractivity contribution in [3.63, 3.8) is 0 Å². The zero-order valence-electron chi connectivity index (χ0n) is 18.3. The highest BCUT2D eigenvalue weighted by Gasteiger charge is 2.28. The quantitative estimate of drug-likeness (QED) is 0.307. The predicted octanol–water partition coefficient (Wildman–Crippen LogP) is 5.96. The highest BCUT2D eigenvalue weighted by molar-refractivity contribution is 9.10. The van der Waals surface area contributed by atoms with Crippen LogP contribution in [0.2, 0.25) is 0 Å². The van der Waals surface area contributed by atoms with Crippen molar-refractivity contribution in [2.75, 3.05) is 6.61 Å². The van der Waals surface area contributed by atoms with Gasteiger partial charge in [-0.2, -0.15) is 10.1 Å². The summed E-state index contributed by atoms with van der Waals surface area (Å²) in [4.78, 5) is 17.2. The number of nitrogens with zero attached hydrogens (tertiary/aromatic N) is 4. The number of aryl methyl sites for hydroxylation is 1. The van der Waals surface area contributed by atoms with E-state index in [4.69, 9.17) is 9.26 Å². The van der Waals surface area contributed by atoms with Crippen LogP contribution in [0.5, 0.6) is 0 Å². The standard InChI is InChI=1S/C24H23BrN4O3/c1-5-31-24(30)20-19(25)21(29(27-20)18-12-7-6-11-17(18)14(2)3)22-26-23(32-28-22)16-10-8-9-15(4)13-16/h6-14H,5H2,1-4H3. The molecule has 0 saturated carbocycles. The number of para-hydroxylation sites is 1. The molecular weight excluding hydrogens is 472 g/mol. The fourth-order valence-electron chi connectivity index (χ4n) is 3.48. The monoisotopic (exact) mass is 494 g/mol. The number of benzene rings is 2. The second-order valence-corrected chi connectivity index (χ2v) is 8.44. The highest BCUT2D eigenvalue weighted by atomic mass is 79.9. The van der Waals surface area contributed by atoms with Crippen molar-refractivity contribution in [1.82, 2.24) is 19.9 Å². The molecule has 2 aromatic heterocycles. The Morgan fingerprint density at radius 3 is 2.69 bits per heavy atom. The van der Waals surface area contributed by atoms with Gasteiger partial charge < -0.3 is 9.26 Å². The third-order valence-corrected chi connectivity index (χ3v) is 5.74. The van der Waals surface area contributed by atoms with E-state index in [1.807, 2.05) is 55.5 Å². The number of ether oxygens (including phenoxy) is 1. The van der Waals surface area contributed by atoms with Crippen LogP contribution in [-0.4, -0.2) is 32.5 Å². The molecule has 7 nitrogen and oxygen atoms in total. The SMILES string of the molecule is CCOC(=O)c1nn(-c2ccccc2C(C)C)c(-c2noc(-c3cccc(C)c3)n2)c1Br. The summed E-state index contributed by atoms with van der Waals surface area (Å²) < 4.78 is 12.9. The molecule has 0 aliphatic heterocycles. The Balaban J connectivity index is 1.91. The highest BCUT2D eigenvalue weighted by Crippen LogP contribution is 2.35. The van der Waals surface area contributed by atoms with Gasteiger partial charge in [-0.05, 0) is 59.5 Å². The number of carbonyl (C=O) groups excluding carboxylic acids is 1. The zero-order chi connectivity index (χ0) is 22.8. The van der Waals surface area contributed by atoms with Crippen molar-refractivity contribution >= 4 is 21.9 Å². The second kappa shape index (κ2) is 9.08. The Kier molecular flexibility index (Phi) is 6.23. The van der Waals surface area contributed by atoms with Crippen molar-refractivity contribution in [2.24, 2.45) is 0 Å². The van der Waals surface area contributed by atoms with Gasteiger partial charge >= 0.3 is 5.97 Å². The summed E-state index contributed by atoms with van der Waals surface area (Å²) in [5, 5.41) is 8.79. The van der Waals surface area contributed by atoms with Gasteiger partial charge in [-0.15, -0.1) is 0 Å². The molecule has 0 N–H and O–H groups in total. The number of halogens is 1. The molecular formula is C24H23BrN4O3. The average Bonchev–Trinajstić information content (AvgIpc) is 3.38. The van der Waals surface area contributed by atoms with Crippen molar-refractivity contribution in [1.29, 1.82) is 0 Å². The lowest BCUT2D eigenvalue weighted by Crippen LogP contribution is -2.08. The first-order valence-electron chi connectivity index (χ1n) is 10.4. The maximum absolute atomic E-state index is 12.6. The van der Waals surface area contributed by atoms with Gasteiger partial charge in [0, 0.05) is 5.56 Å². The summed E-state index contributed by atoms with van der Waals surface area (Å²) in [7, 11) is 0. The molecule has 8 heteroatoms. The number of aromatic nitrogens is 4. The third kappa shape index (κ3) is 4.10. The van der Waals surface area contributed by atoms with Crippen LogP contribution in [0.4, 0.5) is 0 Å². The van der Waals surface area contributed by atoms with Gasteiger partial charge in [-0.3, -0.25) is 0 Å². The average molecular weight is 495 g/mol. The van der Waals surface area contributed by atoms with E-state index in [0.717, 1.165) is 22.4 Å². The Morgan fingerprint density at radius 2 is 1.97 bits per heavy atom. The van der Waals surface area contributed by atoms with Crippen molar-refractivity contribution in [2.45, 2.75) is 33.6 Å². The first kappa shape index (κ1) is 22.0. The van der Waals surface area contributed by atoms with E-state index in [2.05, 4.69) is 45.0 Å². The summed E-state index contributed by atoms with van der Waals surface area (Å²) >= 11 is 3.54. The molecule has 0 fully saturated rings. The summed E-state index contributed by atoms with van der Waals surface area (Å²) in [6.07, 6.45) is 0. The molecule has 0 spiro atoms. The molecule has 32 heavy (non-hydrogen) atoms. The molecule has 0 aliphatic rings. The number of hydrogen-bond acceptors (Lipinski definition) is 6. The minimum absolute atomic E-state index is 0.155. The van der Waals surface area contributed by atoms with Gasteiger partial charge in [0.2, 0.25) is 5.82 Å². The van der Waals surface area contributed by atoms with Gasteiger partial charge in [-0.1, -0.05) is 54.9 Å². The third-order valence-electron chi connectivity index (χ3n) is 4.99. The lowest BCUT2D eigenvalue weighted by Gasteiger charge is -2.14. The van der Waals surface area contributed by atoms with E-state index in [0.29, 0.717) is 21.9 Å². The number of carbonyl (C=O) groups is 1. The van der Waals surface area contributed by atoms with Gasteiger partial charge in [0.05, 0.1) is 16.8 Å². The minimum Gasteiger partial charge on any atom is -0.461 e. The lowest BCUT2D eigenvalue weighted by atomic mass is 10.0. The Labute approximate surface area is 194 Å². The van der Waals surface area contributed by atoms with Crippen LogP contribution in [0.15, 0.2) is 57.5 Å². The van der Waals surface area contributed by atoms with Crippen molar-refractivity contribution in [3.8, 4) is 28.7 Å². The van der Waals surface area contributed by atoms with Crippen LogP contribution in [0.1, 0.15) is 48.3 Å². The van der Waals surface area contributed by atoms with Crippen LogP contribution in [0, 0.1) is 6.92 Å². The number of hydrogen-bond donors (Lipinski definition) is 0. The van der Waals surface area contributed by atoms with Crippen molar-refractivity contribution < 1.29 is 14.1 Å². The molecule has 0 radical (unpaired) electrons. The summed E-state index contributed by atoms with van der Waals surface area (Å²) in [6.45, 7) is 8.21. The van der Waals surface area contributed by atoms with E-state index in [-0.39, 0.29) is 18.2 Å². The minimum atomic E-state index is -0.524. The Bertz CT molecular complexity index is 1280. The van der Waals surface area contributed by atoms with E-state index >= 15 is 0 Å². The van der Waals surface area contributed by atoms with Gasteiger partial charge in [-0.25, -0.2) is 9.48 Å². The molecule has 0 bridgehead atoms. The molecule has 0 aliphatic carbocycles. The largest absolute Gasteiger partial charge is 0.461 e. The van der Waals surface area contributed by atoms with Crippen molar-refractivity contribution in [3.05, 3.63) is 69.8 Å². The van der Waals surface area contributed by atoms with Crippen LogP contribution in [-0.2, 0) is 4.74 Å². The summed E-state index contributed by atoms with van der Waals surface area (Å²) in [5.41, 5.74) is 4.48. The molecule has 4 rings (SSSR count). The van der Waals surface area contributed by atoms with Gasteiger partial charge in [0.15, 0.2) is 5.69 Å². The van der Waals surface area contributed by atoms with Crippen LogP contribution in [0.3, 0.4) is 0 Å². The fraction of sp³-hybridized carbons (Fsp3) is 0.250. The molecule has 164 valence electrons. The molecule has 0 atom stereocenters. The first-order chi connectivity index (χ1) is 15.4. The lowest BCUT2D eigenvalue weighted by molar-refractivity contribution is 0.0518. The molecule has 2 heterocycles. The smallest absolute Gasteiger partial charge is 0.360 e. The van der Waals surface area contributed by atoms with Crippen LogP contribution >= 0.6 is 15.9 Å². The van der Waals surface area contributed by atoms with Gasteiger partial charge in [0.1, 0.15) is 5.69 Å².